The molecule has 0 spiro atoms. The Morgan fingerprint density at radius 3 is 2.19 bits per heavy atom. The van der Waals surface area contributed by atoms with Crippen molar-refractivity contribution in [3.05, 3.63) is 52.0 Å². The molecule has 0 radical (unpaired) electrons. The summed E-state index contributed by atoms with van der Waals surface area (Å²) in [6.45, 7) is 0. The number of nitrogens with two attached hydrogens (primary N) is 1. The monoisotopic (exact) mass is 359 g/mol. The van der Waals surface area contributed by atoms with Crippen LogP contribution in [-0.2, 0) is 0 Å². The van der Waals surface area contributed by atoms with Gasteiger partial charge in [0.25, 0.3) is 0 Å². The van der Waals surface area contributed by atoms with Crippen molar-refractivity contribution in [2.75, 3.05) is 5.73 Å². The molecule has 0 amide bonds. The molecule has 0 unspecified atom stereocenters. The highest BCUT2D eigenvalue weighted by Crippen LogP contribution is 2.30. The highest BCUT2D eigenvalue weighted by Gasteiger charge is 2.20. The Hall–Kier alpha value is -2.09. The maximum absolute atomic E-state index is 13.9. The number of benzene rings is 2. The molecule has 2 aromatic carbocycles. The summed E-state index contributed by atoms with van der Waals surface area (Å²) < 4.78 is 55.3. The Morgan fingerprint density at radius 1 is 0.952 bits per heavy atom. The molecule has 3 nitrogen and oxygen atoms in total. The highest BCUT2D eigenvalue weighted by molar-refractivity contribution is 9.10. The van der Waals surface area contributed by atoms with Crippen LogP contribution < -0.4 is 5.73 Å². The van der Waals surface area contributed by atoms with E-state index in [1.807, 2.05) is 0 Å². The lowest BCUT2D eigenvalue weighted by Crippen LogP contribution is -2.06. The van der Waals surface area contributed by atoms with Gasteiger partial charge in [0.1, 0.15) is 17.3 Å². The fourth-order valence-electron chi connectivity index (χ4n) is 2.07. The van der Waals surface area contributed by atoms with E-state index in [0.717, 1.165) is 10.6 Å². The molecule has 0 saturated carbocycles. The molecular formula is C13H6BrF4N3. The van der Waals surface area contributed by atoms with Gasteiger partial charge >= 0.3 is 0 Å². The number of rotatable bonds is 1. The molecule has 1 heterocycles. The Balaban J connectivity index is 2.41. The molecule has 0 fully saturated rings. The van der Waals surface area contributed by atoms with Crippen molar-refractivity contribution < 1.29 is 17.6 Å². The van der Waals surface area contributed by atoms with Crippen LogP contribution in [0.1, 0.15) is 0 Å². The molecule has 3 aromatic rings. The number of hydrogen-bond acceptors (Lipinski definition) is 2. The molecule has 0 aliphatic carbocycles. The smallest absolute Gasteiger partial charge is 0.206 e. The number of imidazole rings is 1. The summed E-state index contributed by atoms with van der Waals surface area (Å²) in [5.74, 6) is -4.17. The lowest BCUT2D eigenvalue weighted by Gasteiger charge is -2.09. The van der Waals surface area contributed by atoms with E-state index >= 15 is 0 Å². The van der Waals surface area contributed by atoms with Crippen LogP contribution in [0.25, 0.3) is 16.7 Å². The normalized spacial score (nSPS) is 11.3. The van der Waals surface area contributed by atoms with Crippen LogP contribution in [-0.4, -0.2) is 9.55 Å². The van der Waals surface area contributed by atoms with Crippen molar-refractivity contribution in [1.82, 2.24) is 9.55 Å². The predicted octanol–water partition coefficient (Wildman–Crippen LogP) is 3.93. The Labute approximate surface area is 124 Å². The lowest BCUT2D eigenvalue weighted by molar-refractivity contribution is 0.536. The van der Waals surface area contributed by atoms with Crippen molar-refractivity contribution in [2.24, 2.45) is 0 Å². The molecule has 0 bridgehead atoms. The topological polar surface area (TPSA) is 43.8 Å². The third-order valence-corrected chi connectivity index (χ3v) is 3.54. The fourth-order valence-corrected chi connectivity index (χ4v) is 2.41. The minimum atomic E-state index is -1.14. The third-order valence-electron chi connectivity index (χ3n) is 2.93. The van der Waals surface area contributed by atoms with Gasteiger partial charge in [0.15, 0.2) is 11.6 Å². The molecule has 108 valence electrons. The van der Waals surface area contributed by atoms with Gasteiger partial charge in [0.2, 0.25) is 5.95 Å². The second-order valence-electron chi connectivity index (χ2n) is 4.28. The number of fused-ring (bicyclic) bond motifs is 1. The largest absolute Gasteiger partial charge is 0.369 e. The van der Waals surface area contributed by atoms with Gasteiger partial charge in [-0.15, -0.1) is 0 Å². The molecule has 1 aromatic heterocycles. The van der Waals surface area contributed by atoms with Crippen molar-refractivity contribution in [3.63, 3.8) is 0 Å². The quantitative estimate of drug-likeness (QED) is 0.669. The SMILES string of the molecule is Nc1nc2cc(F)c(Br)cc2n1-c1c(F)cc(F)cc1F. The number of aromatic nitrogens is 2. The van der Waals surface area contributed by atoms with Crippen molar-refractivity contribution >= 4 is 32.9 Å². The Bertz CT molecular complexity index is 852. The molecule has 0 atom stereocenters. The zero-order chi connectivity index (χ0) is 15.3. The van der Waals surface area contributed by atoms with E-state index in [1.54, 1.807) is 0 Å². The predicted molar refractivity (Wildman–Crippen MR) is 73.0 cm³/mol. The lowest BCUT2D eigenvalue weighted by atomic mass is 10.2. The van der Waals surface area contributed by atoms with Crippen LogP contribution in [0.3, 0.4) is 0 Å². The van der Waals surface area contributed by atoms with Gasteiger partial charge in [-0.1, -0.05) is 0 Å². The molecule has 0 aliphatic heterocycles. The summed E-state index contributed by atoms with van der Waals surface area (Å²) in [5.41, 5.74) is 5.38. The van der Waals surface area contributed by atoms with Crippen LogP contribution in [0, 0.1) is 23.3 Å². The van der Waals surface area contributed by atoms with Crippen molar-refractivity contribution in [1.29, 1.82) is 0 Å². The number of hydrogen-bond donors (Lipinski definition) is 1. The maximum atomic E-state index is 13.9. The molecule has 3 rings (SSSR count). The van der Waals surface area contributed by atoms with Gasteiger partial charge in [-0.05, 0) is 22.0 Å². The van der Waals surface area contributed by atoms with Crippen LogP contribution in [0.2, 0.25) is 0 Å². The molecule has 8 heteroatoms. The number of halogens is 5. The highest BCUT2D eigenvalue weighted by atomic mass is 79.9. The Morgan fingerprint density at radius 2 is 1.57 bits per heavy atom. The van der Waals surface area contributed by atoms with Crippen LogP contribution in [0.4, 0.5) is 23.5 Å². The van der Waals surface area contributed by atoms with E-state index in [4.69, 9.17) is 5.73 Å². The van der Waals surface area contributed by atoms with Crippen molar-refractivity contribution in [2.45, 2.75) is 0 Å². The summed E-state index contributed by atoms with van der Waals surface area (Å²) in [4.78, 5) is 3.85. The first-order valence-electron chi connectivity index (χ1n) is 5.66. The van der Waals surface area contributed by atoms with E-state index in [-0.39, 0.29) is 21.5 Å². The summed E-state index contributed by atoms with van der Waals surface area (Å²) in [6, 6.07) is 3.42. The standard InChI is InChI=1S/C13H6BrF4N3/c14-6-3-11-10(4-7(6)16)20-13(19)21(11)12-8(17)1-5(15)2-9(12)18/h1-4H,(H2,19,20). The van der Waals surface area contributed by atoms with Crippen LogP contribution in [0.5, 0.6) is 0 Å². The van der Waals surface area contributed by atoms with Gasteiger partial charge in [0.05, 0.1) is 15.5 Å². The summed E-state index contributed by atoms with van der Waals surface area (Å²) in [7, 11) is 0. The van der Waals surface area contributed by atoms with Gasteiger partial charge < -0.3 is 5.73 Å². The summed E-state index contributed by atoms with van der Waals surface area (Å²) in [5, 5.41) is 0. The number of nitrogens with zero attached hydrogens (tertiary/aromatic N) is 2. The molecular weight excluding hydrogens is 354 g/mol. The first-order chi connectivity index (χ1) is 9.88. The van der Waals surface area contributed by atoms with Crippen molar-refractivity contribution in [3.8, 4) is 5.69 Å². The number of anilines is 1. The average Bonchev–Trinajstić information content (AvgIpc) is 2.66. The summed E-state index contributed by atoms with van der Waals surface area (Å²) in [6.07, 6.45) is 0. The zero-order valence-electron chi connectivity index (χ0n) is 10.2. The van der Waals surface area contributed by atoms with E-state index < -0.39 is 29.0 Å². The molecule has 0 aliphatic rings. The second kappa shape index (κ2) is 4.73. The minimum absolute atomic E-state index is 0.0825. The minimum Gasteiger partial charge on any atom is -0.369 e. The third kappa shape index (κ3) is 2.15. The first-order valence-corrected chi connectivity index (χ1v) is 6.45. The summed E-state index contributed by atoms with van der Waals surface area (Å²) >= 11 is 2.98. The van der Waals surface area contributed by atoms with E-state index in [2.05, 4.69) is 20.9 Å². The van der Waals surface area contributed by atoms with Crippen LogP contribution in [0.15, 0.2) is 28.7 Å². The molecule has 0 saturated heterocycles. The average molecular weight is 360 g/mol. The fraction of sp³-hybridized carbons (Fsp3) is 0. The number of nitrogen functional groups attached to an aromatic ring is 1. The van der Waals surface area contributed by atoms with Gasteiger partial charge in [-0.25, -0.2) is 22.5 Å². The van der Waals surface area contributed by atoms with E-state index in [1.165, 1.54) is 6.07 Å². The second-order valence-corrected chi connectivity index (χ2v) is 5.13. The zero-order valence-corrected chi connectivity index (χ0v) is 11.8. The molecule has 2 N–H and O–H groups in total. The Kier molecular flexibility index (Phi) is 3.12. The molecule has 21 heavy (non-hydrogen) atoms. The van der Waals surface area contributed by atoms with Crippen LogP contribution >= 0.6 is 15.9 Å². The first kappa shape index (κ1) is 13.9. The van der Waals surface area contributed by atoms with E-state index in [9.17, 15) is 17.6 Å². The van der Waals surface area contributed by atoms with E-state index in [0.29, 0.717) is 12.1 Å². The van der Waals surface area contributed by atoms with Gasteiger partial charge in [-0.3, -0.25) is 4.57 Å². The van der Waals surface area contributed by atoms with Gasteiger partial charge in [0, 0.05) is 18.2 Å². The maximum Gasteiger partial charge on any atom is 0.206 e. The van der Waals surface area contributed by atoms with Gasteiger partial charge in [-0.2, -0.15) is 0 Å².